The van der Waals surface area contributed by atoms with Crippen molar-refractivity contribution >= 4 is 40.8 Å². The second-order valence-electron chi connectivity index (χ2n) is 4.78. The number of halogens is 3. The van der Waals surface area contributed by atoms with Gasteiger partial charge in [-0.3, -0.25) is 4.79 Å². The molecule has 5 heteroatoms. The summed E-state index contributed by atoms with van der Waals surface area (Å²) >= 11 is 17.9. The predicted molar refractivity (Wildman–Crippen MR) is 86.4 cm³/mol. The van der Waals surface area contributed by atoms with Crippen molar-refractivity contribution in [1.82, 2.24) is 0 Å². The standard InChI is InChI=1S/C16H13Cl3O2/c17-13-4-2-1-3-11(13)9-12(16(20)21)7-10-5-6-14(18)15(19)8-10/h1-6,8,12H,7,9H2,(H,20,21). The van der Waals surface area contributed by atoms with Gasteiger partial charge in [0.2, 0.25) is 0 Å². The van der Waals surface area contributed by atoms with Gasteiger partial charge in [-0.25, -0.2) is 0 Å². The Morgan fingerprint density at radius 3 is 2.29 bits per heavy atom. The van der Waals surface area contributed by atoms with Crippen LogP contribution < -0.4 is 0 Å². The average Bonchev–Trinajstić information content (AvgIpc) is 2.44. The van der Waals surface area contributed by atoms with Crippen molar-refractivity contribution in [2.45, 2.75) is 12.8 Å². The van der Waals surface area contributed by atoms with E-state index < -0.39 is 11.9 Å². The lowest BCUT2D eigenvalue weighted by Crippen LogP contribution is -2.19. The van der Waals surface area contributed by atoms with Gasteiger partial charge in [0.05, 0.1) is 16.0 Å². The molecule has 1 unspecified atom stereocenters. The fourth-order valence-electron chi connectivity index (χ4n) is 2.13. The Hall–Kier alpha value is -1.22. The topological polar surface area (TPSA) is 37.3 Å². The lowest BCUT2D eigenvalue weighted by atomic mass is 9.92. The highest BCUT2D eigenvalue weighted by atomic mass is 35.5. The third-order valence-corrected chi connectivity index (χ3v) is 4.35. The Labute approximate surface area is 138 Å². The molecule has 0 heterocycles. The molecule has 0 amide bonds. The SMILES string of the molecule is O=C(O)C(Cc1ccc(Cl)c(Cl)c1)Cc1ccccc1Cl. The normalized spacial score (nSPS) is 12.1. The molecule has 1 atom stereocenters. The third-order valence-electron chi connectivity index (χ3n) is 3.24. The minimum Gasteiger partial charge on any atom is -0.481 e. The summed E-state index contributed by atoms with van der Waals surface area (Å²) in [6, 6.07) is 12.4. The highest BCUT2D eigenvalue weighted by molar-refractivity contribution is 6.42. The Bertz CT molecular complexity index is 656. The molecular formula is C16H13Cl3O2. The number of carboxylic acid groups (broad SMARTS) is 1. The molecule has 0 radical (unpaired) electrons. The average molecular weight is 344 g/mol. The number of hydrogen-bond acceptors (Lipinski definition) is 1. The summed E-state index contributed by atoms with van der Waals surface area (Å²) in [5, 5.41) is 10.9. The number of aliphatic carboxylic acids is 1. The molecule has 0 saturated heterocycles. The minimum absolute atomic E-state index is 0.370. The van der Waals surface area contributed by atoms with Gasteiger partial charge in [-0.05, 0) is 42.2 Å². The van der Waals surface area contributed by atoms with Crippen LogP contribution in [0.15, 0.2) is 42.5 Å². The van der Waals surface area contributed by atoms with Gasteiger partial charge in [0.1, 0.15) is 0 Å². The summed E-state index contributed by atoms with van der Waals surface area (Å²) < 4.78 is 0. The van der Waals surface area contributed by atoms with Gasteiger partial charge in [-0.1, -0.05) is 59.1 Å². The predicted octanol–water partition coefficient (Wildman–Crippen LogP) is 5.13. The molecule has 110 valence electrons. The maximum atomic E-state index is 11.5. The van der Waals surface area contributed by atoms with Crippen molar-refractivity contribution in [3.63, 3.8) is 0 Å². The zero-order chi connectivity index (χ0) is 15.4. The quantitative estimate of drug-likeness (QED) is 0.817. The molecule has 0 aliphatic heterocycles. The highest BCUT2D eigenvalue weighted by Crippen LogP contribution is 2.26. The molecule has 1 N–H and O–H groups in total. The Kier molecular flexibility index (Phi) is 5.51. The summed E-state index contributed by atoms with van der Waals surface area (Å²) in [4.78, 5) is 11.5. The molecule has 0 bridgehead atoms. The first-order valence-corrected chi connectivity index (χ1v) is 7.51. The number of carboxylic acids is 1. The van der Waals surface area contributed by atoms with Crippen molar-refractivity contribution in [2.24, 2.45) is 5.92 Å². The van der Waals surface area contributed by atoms with Crippen LogP contribution in [0, 0.1) is 5.92 Å². The van der Waals surface area contributed by atoms with Crippen LogP contribution in [0.4, 0.5) is 0 Å². The monoisotopic (exact) mass is 342 g/mol. The summed E-state index contributed by atoms with van der Waals surface area (Å²) in [7, 11) is 0. The largest absolute Gasteiger partial charge is 0.481 e. The summed E-state index contributed by atoms with van der Waals surface area (Å²) in [6.45, 7) is 0. The van der Waals surface area contributed by atoms with Crippen LogP contribution in [0.3, 0.4) is 0 Å². The van der Waals surface area contributed by atoms with E-state index in [1.807, 2.05) is 18.2 Å². The molecule has 21 heavy (non-hydrogen) atoms. The van der Waals surface area contributed by atoms with Crippen molar-refractivity contribution < 1.29 is 9.90 Å². The zero-order valence-electron chi connectivity index (χ0n) is 11.0. The van der Waals surface area contributed by atoms with E-state index in [0.29, 0.717) is 27.9 Å². The van der Waals surface area contributed by atoms with E-state index >= 15 is 0 Å². The summed E-state index contributed by atoms with van der Waals surface area (Å²) in [5.74, 6) is -1.43. The lowest BCUT2D eigenvalue weighted by molar-refractivity contribution is -0.141. The fourth-order valence-corrected chi connectivity index (χ4v) is 2.66. The van der Waals surface area contributed by atoms with Crippen LogP contribution in [-0.2, 0) is 17.6 Å². The Morgan fingerprint density at radius 1 is 0.952 bits per heavy atom. The van der Waals surface area contributed by atoms with Crippen LogP contribution in [0.2, 0.25) is 15.1 Å². The van der Waals surface area contributed by atoms with E-state index in [2.05, 4.69) is 0 Å². The summed E-state index contributed by atoms with van der Waals surface area (Å²) in [6.07, 6.45) is 0.743. The number of carbonyl (C=O) groups is 1. The maximum Gasteiger partial charge on any atom is 0.307 e. The van der Waals surface area contributed by atoms with Crippen LogP contribution in [-0.4, -0.2) is 11.1 Å². The van der Waals surface area contributed by atoms with Gasteiger partial charge in [-0.15, -0.1) is 0 Å². The number of rotatable bonds is 5. The van der Waals surface area contributed by atoms with Crippen molar-refractivity contribution in [3.8, 4) is 0 Å². The van der Waals surface area contributed by atoms with Gasteiger partial charge in [0, 0.05) is 5.02 Å². The zero-order valence-corrected chi connectivity index (χ0v) is 13.3. The van der Waals surface area contributed by atoms with E-state index in [9.17, 15) is 9.90 Å². The summed E-state index contributed by atoms with van der Waals surface area (Å²) in [5.41, 5.74) is 1.66. The molecule has 2 aromatic rings. The molecule has 0 aromatic heterocycles. The van der Waals surface area contributed by atoms with Crippen molar-refractivity contribution in [2.75, 3.05) is 0 Å². The molecule has 2 nitrogen and oxygen atoms in total. The van der Waals surface area contributed by atoms with E-state index in [1.54, 1.807) is 24.3 Å². The smallest absolute Gasteiger partial charge is 0.307 e. The van der Waals surface area contributed by atoms with E-state index in [-0.39, 0.29) is 0 Å². The first-order valence-electron chi connectivity index (χ1n) is 6.37. The molecular weight excluding hydrogens is 331 g/mol. The van der Waals surface area contributed by atoms with E-state index in [1.165, 1.54) is 0 Å². The lowest BCUT2D eigenvalue weighted by Gasteiger charge is -2.14. The van der Waals surface area contributed by atoms with Gasteiger partial charge in [0.15, 0.2) is 0 Å². The van der Waals surface area contributed by atoms with E-state index in [4.69, 9.17) is 34.8 Å². The van der Waals surface area contributed by atoms with E-state index in [0.717, 1.165) is 11.1 Å². The maximum absolute atomic E-state index is 11.5. The van der Waals surface area contributed by atoms with Gasteiger partial charge < -0.3 is 5.11 Å². The molecule has 0 spiro atoms. The second-order valence-corrected chi connectivity index (χ2v) is 6.00. The first kappa shape index (κ1) is 16.2. The Balaban J connectivity index is 2.18. The molecule has 2 rings (SSSR count). The van der Waals surface area contributed by atoms with Gasteiger partial charge in [0.25, 0.3) is 0 Å². The van der Waals surface area contributed by atoms with Crippen LogP contribution in [0.1, 0.15) is 11.1 Å². The fraction of sp³-hybridized carbons (Fsp3) is 0.188. The van der Waals surface area contributed by atoms with Gasteiger partial charge >= 0.3 is 5.97 Å². The van der Waals surface area contributed by atoms with Crippen LogP contribution in [0.25, 0.3) is 0 Å². The number of hydrogen-bond donors (Lipinski definition) is 1. The van der Waals surface area contributed by atoms with Gasteiger partial charge in [-0.2, -0.15) is 0 Å². The molecule has 0 aliphatic rings. The molecule has 0 aliphatic carbocycles. The third kappa shape index (κ3) is 4.37. The number of benzene rings is 2. The van der Waals surface area contributed by atoms with Crippen LogP contribution >= 0.6 is 34.8 Å². The molecule has 0 fully saturated rings. The second kappa shape index (κ2) is 7.17. The first-order chi connectivity index (χ1) is 9.97. The molecule has 2 aromatic carbocycles. The minimum atomic E-state index is -0.860. The molecule has 0 saturated carbocycles. The van der Waals surface area contributed by atoms with Crippen molar-refractivity contribution in [3.05, 3.63) is 68.7 Å². The van der Waals surface area contributed by atoms with Crippen molar-refractivity contribution in [1.29, 1.82) is 0 Å². The Morgan fingerprint density at radius 2 is 1.67 bits per heavy atom. The highest BCUT2D eigenvalue weighted by Gasteiger charge is 2.20. The van der Waals surface area contributed by atoms with Crippen LogP contribution in [0.5, 0.6) is 0 Å².